The van der Waals surface area contributed by atoms with E-state index in [4.69, 9.17) is 4.42 Å². The lowest BCUT2D eigenvalue weighted by Crippen LogP contribution is -2.43. The average Bonchev–Trinajstić information content (AvgIpc) is 3.21. The van der Waals surface area contributed by atoms with Crippen LogP contribution in [0.3, 0.4) is 0 Å². The summed E-state index contributed by atoms with van der Waals surface area (Å²) in [4.78, 5) is 21.4. The van der Waals surface area contributed by atoms with Crippen LogP contribution in [0.15, 0.2) is 59.5 Å². The first-order valence-corrected chi connectivity index (χ1v) is 9.52. The summed E-state index contributed by atoms with van der Waals surface area (Å²) in [5.74, 6) is 1.24. The first-order chi connectivity index (χ1) is 13.2. The van der Waals surface area contributed by atoms with Gasteiger partial charge in [0.2, 0.25) is 5.91 Å². The van der Waals surface area contributed by atoms with E-state index in [0.29, 0.717) is 6.54 Å². The van der Waals surface area contributed by atoms with Crippen molar-refractivity contribution in [3.05, 3.63) is 66.4 Å². The summed E-state index contributed by atoms with van der Waals surface area (Å²) in [6.45, 7) is 3.21. The van der Waals surface area contributed by atoms with E-state index in [9.17, 15) is 4.79 Å². The number of furan rings is 1. The SMILES string of the molecule is CN(Cc1cccc2cnccc12)C(=O)C1CCCN(Cc2ccco2)C1. The van der Waals surface area contributed by atoms with Gasteiger partial charge in [-0.15, -0.1) is 0 Å². The topological polar surface area (TPSA) is 49.6 Å². The number of piperidine rings is 1. The van der Waals surface area contributed by atoms with E-state index in [1.54, 1.807) is 12.5 Å². The molecule has 1 fully saturated rings. The van der Waals surface area contributed by atoms with Crippen molar-refractivity contribution in [2.75, 3.05) is 20.1 Å². The Morgan fingerprint density at radius 3 is 3.07 bits per heavy atom. The Morgan fingerprint density at radius 1 is 1.30 bits per heavy atom. The lowest BCUT2D eigenvalue weighted by atomic mass is 9.96. The number of amides is 1. The predicted octanol–water partition coefficient (Wildman–Crippen LogP) is 3.70. The van der Waals surface area contributed by atoms with Gasteiger partial charge in [0.25, 0.3) is 0 Å². The number of aromatic nitrogens is 1. The normalized spacial score (nSPS) is 17.9. The zero-order valence-electron chi connectivity index (χ0n) is 15.7. The fourth-order valence-electron chi connectivity index (χ4n) is 4.00. The standard InChI is InChI=1S/C22H25N3O2/c1-24(14-18-6-2-5-17-13-23-10-9-21(17)18)22(26)19-7-3-11-25(15-19)16-20-8-4-12-27-20/h2,4-6,8-10,12-13,19H,3,7,11,14-16H2,1H3. The number of rotatable bonds is 5. The van der Waals surface area contributed by atoms with Crippen LogP contribution in [0.2, 0.25) is 0 Å². The minimum Gasteiger partial charge on any atom is -0.468 e. The van der Waals surface area contributed by atoms with E-state index in [0.717, 1.165) is 54.6 Å². The number of hydrogen-bond donors (Lipinski definition) is 0. The van der Waals surface area contributed by atoms with Crippen molar-refractivity contribution in [3.8, 4) is 0 Å². The number of carbonyl (C=O) groups is 1. The van der Waals surface area contributed by atoms with Gasteiger partial charge in [0.05, 0.1) is 18.7 Å². The molecule has 2 aromatic heterocycles. The van der Waals surface area contributed by atoms with Crippen molar-refractivity contribution in [2.45, 2.75) is 25.9 Å². The second kappa shape index (κ2) is 7.92. The molecule has 0 spiro atoms. The zero-order chi connectivity index (χ0) is 18.6. The highest BCUT2D eigenvalue weighted by Gasteiger charge is 2.28. The van der Waals surface area contributed by atoms with Crippen LogP contribution in [-0.2, 0) is 17.9 Å². The first-order valence-electron chi connectivity index (χ1n) is 9.52. The molecule has 1 aliphatic heterocycles. The summed E-state index contributed by atoms with van der Waals surface area (Å²) >= 11 is 0. The highest BCUT2D eigenvalue weighted by molar-refractivity contribution is 5.85. The highest BCUT2D eigenvalue weighted by atomic mass is 16.3. The van der Waals surface area contributed by atoms with Crippen LogP contribution >= 0.6 is 0 Å². The number of pyridine rings is 1. The Hall–Kier alpha value is -2.66. The van der Waals surface area contributed by atoms with E-state index < -0.39 is 0 Å². The van der Waals surface area contributed by atoms with Crippen LogP contribution in [0.1, 0.15) is 24.2 Å². The molecule has 27 heavy (non-hydrogen) atoms. The maximum absolute atomic E-state index is 13.0. The number of hydrogen-bond acceptors (Lipinski definition) is 4. The summed E-state index contributed by atoms with van der Waals surface area (Å²) in [5.41, 5.74) is 1.16. The van der Waals surface area contributed by atoms with Crippen molar-refractivity contribution in [1.82, 2.24) is 14.8 Å². The molecule has 1 aromatic carbocycles. The number of fused-ring (bicyclic) bond motifs is 1. The average molecular weight is 363 g/mol. The van der Waals surface area contributed by atoms with E-state index >= 15 is 0 Å². The number of likely N-dealkylation sites (tertiary alicyclic amines) is 1. The molecule has 5 heteroatoms. The number of benzene rings is 1. The summed E-state index contributed by atoms with van der Waals surface area (Å²) in [5, 5.41) is 2.27. The van der Waals surface area contributed by atoms with Gasteiger partial charge in [0.15, 0.2) is 0 Å². The molecule has 0 radical (unpaired) electrons. The van der Waals surface area contributed by atoms with Crippen LogP contribution in [0.5, 0.6) is 0 Å². The van der Waals surface area contributed by atoms with E-state index in [-0.39, 0.29) is 11.8 Å². The molecule has 0 bridgehead atoms. The second-order valence-corrected chi connectivity index (χ2v) is 7.36. The van der Waals surface area contributed by atoms with Crippen molar-refractivity contribution >= 4 is 16.7 Å². The van der Waals surface area contributed by atoms with Crippen molar-refractivity contribution in [1.29, 1.82) is 0 Å². The van der Waals surface area contributed by atoms with Gasteiger partial charge in [-0.2, -0.15) is 0 Å². The van der Waals surface area contributed by atoms with Crippen LogP contribution in [0.4, 0.5) is 0 Å². The zero-order valence-corrected chi connectivity index (χ0v) is 15.7. The Balaban J connectivity index is 1.42. The summed E-state index contributed by atoms with van der Waals surface area (Å²) < 4.78 is 5.46. The minimum absolute atomic E-state index is 0.0513. The van der Waals surface area contributed by atoms with Crippen LogP contribution in [-0.4, -0.2) is 40.8 Å². The summed E-state index contributed by atoms with van der Waals surface area (Å²) in [7, 11) is 1.91. The first kappa shape index (κ1) is 17.7. The maximum Gasteiger partial charge on any atom is 0.227 e. The van der Waals surface area contributed by atoms with Crippen LogP contribution in [0.25, 0.3) is 10.8 Å². The van der Waals surface area contributed by atoms with Crippen LogP contribution < -0.4 is 0 Å². The van der Waals surface area contributed by atoms with Crippen LogP contribution in [0, 0.1) is 5.92 Å². The molecule has 3 heterocycles. The molecular formula is C22H25N3O2. The molecule has 1 saturated heterocycles. The molecule has 1 amide bonds. The van der Waals surface area contributed by atoms with E-state index in [1.807, 2.05) is 42.4 Å². The molecule has 1 aliphatic rings. The second-order valence-electron chi connectivity index (χ2n) is 7.36. The lowest BCUT2D eigenvalue weighted by Gasteiger charge is -2.33. The Kier molecular flexibility index (Phi) is 5.21. The van der Waals surface area contributed by atoms with Gasteiger partial charge in [0, 0.05) is 37.9 Å². The van der Waals surface area contributed by atoms with Gasteiger partial charge in [-0.1, -0.05) is 18.2 Å². The largest absolute Gasteiger partial charge is 0.468 e. The Bertz CT molecular complexity index is 902. The highest BCUT2D eigenvalue weighted by Crippen LogP contribution is 2.23. The molecule has 5 nitrogen and oxygen atoms in total. The molecular weight excluding hydrogens is 338 g/mol. The fourth-order valence-corrected chi connectivity index (χ4v) is 4.00. The number of carbonyl (C=O) groups excluding carboxylic acids is 1. The quantitative estimate of drug-likeness (QED) is 0.694. The van der Waals surface area contributed by atoms with Gasteiger partial charge >= 0.3 is 0 Å². The fraction of sp³-hybridized carbons (Fsp3) is 0.364. The molecule has 1 unspecified atom stereocenters. The number of nitrogens with zero attached hydrogens (tertiary/aromatic N) is 3. The molecule has 3 aromatic rings. The van der Waals surface area contributed by atoms with E-state index in [1.165, 1.54) is 0 Å². The van der Waals surface area contributed by atoms with Crippen molar-refractivity contribution < 1.29 is 9.21 Å². The third-order valence-corrected chi connectivity index (χ3v) is 5.37. The van der Waals surface area contributed by atoms with Crippen molar-refractivity contribution in [3.63, 3.8) is 0 Å². The minimum atomic E-state index is 0.0513. The van der Waals surface area contributed by atoms with Gasteiger partial charge in [-0.25, -0.2) is 0 Å². The molecule has 4 rings (SSSR count). The molecule has 140 valence electrons. The molecule has 0 saturated carbocycles. The molecule has 0 aliphatic carbocycles. The summed E-state index contributed by atoms with van der Waals surface area (Å²) in [6.07, 6.45) is 7.38. The maximum atomic E-state index is 13.0. The lowest BCUT2D eigenvalue weighted by molar-refractivity contribution is -0.136. The van der Waals surface area contributed by atoms with Gasteiger partial charge in [-0.3, -0.25) is 14.7 Å². The Labute approximate surface area is 159 Å². The summed E-state index contributed by atoms with van der Waals surface area (Å²) in [6, 6.07) is 12.1. The van der Waals surface area contributed by atoms with Gasteiger partial charge < -0.3 is 9.32 Å². The monoisotopic (exact) mass is 363 g/mol. The smallest absolute Gasteiger partial charge is 0.227 e. The Morgan fingerprint density at radius 2 is 2.22 bits per heavy atom. The van der Waals surface area contributed by atoms with Gasteiger partial charge in [0.1, 0.15) is 5.76 Å². The molecule has 1 atom stereocenters. The van der Waals surface area contributed by atoms with Crippen molar-refractivity contribution in [2.24, 2.45) is 5.92 Å². The van der Waals surface area contributed by atoms with E-state index in [2.05, 4.69) is 22.0 Å². The third kappa shape index (κ3) is 4.03. The predicted molar refractivity (Wildman–Crippen MR) is 105 cm³/mol. The van der Waals surface area contributed by atoms with Gasteiger partial charge in [-0.05, 0) is 48.5 Å². The molecule has 0 N–H and O–H groups in total. The third-order valence-electron chi connectivity index (χ3n) is 5.37.